The molecule has 0 radical (unpaired) electrons. The first-order chi connectivity index (χ1) is 7.15. The third-order valence-corrected chi connectivity index (χ3v) is 2.21. The molecule has 1 heterocycles. The number of hydrogen-bond donors (Lipinski definition) is 0. The smallest absolute Gasteiger partial charge is 0.252 e. The van der Waals surface area contributed by atoms with Crippen LogP contribution in [0.5, 0.6) is 5.88 Å². The molecule has 0 atom stereocenters. The highest BCUT2D eigenvalue weighted by Gasteiger charge is 2.07. The summed E-state index contributed by atoms with van der Waals surface area (Å²) in [5, 5.41) is 0.315. The second-order valence-electron chi connectivity index (χ2n) is 3.19. The van der Waals surface area contributed by atoms with E-state index in [0.29, 0.717) is 24.2 Å². The van der Waals surface area contributed by atoms with E-state index in [-0.39, 0.29) is 0 Å². The minimum absolute atomic E-state index is 0.315. The summed E-state index contributed by atoms with van der Waals surface area (Å²) in [6.07, 6.45) is 0.807. The first-order valence-electron chi connectivity index (χ1n) is 4.77. The van der Waals surface area contributed by atoms with Gasteiger partial charge in [0.1, 0.15) is 0 Å². The van der Waals surface area contributed by atoms with Crippen LogP contribution in [0, 0.1) is 13.8 Å². The van der Waals surface area contributed by atoms with Crippen molar-refractivity contribution in [1.82, 2.24) is 9.97 Å². The molecule has 15 heavy (non-hydrogen) atoms. The molecule has 0 spiro atoms. The summed E-state index contributed by atoms with van der Waals surface area (Å²) in [5.41, 5.74) is 1.66. The molecule has 0 aromatic carbocycles. The van der Waals surface area contributed by atoms with Crippen molar-refractivity contribution in [3.05, 3.63) is 16.5 Å². The van der Waals surface area contributed by atoms with Crippen LogP contribution in [0.15, 0.2) is 0 Å². The van der Waals surface area contributed by atoms with Gasteiger partial charge < -0.3 is 9.47 Å². The summed E-state index contributed by atoms with van der Waals surface area (Å²) in [6.45, 7) is 4.93. The van der Waals surface area contributed by atoms with Crippen molar-refractivity contribution in [1.29, 1.82) is 0 Å². The van der Waals surface area contributed by atoms with Crippen LogP contribution in [0.4, 0.5) is 0 Å². The lowest BCUT2D eigenvalue weighted by atomic mass is 10.3. The maximum atomic E-state index is 5.88. The van der Waals surface area contributed by atoms with Gasteiger partial charge in [0.2, 0.25) is 0 Å². The monoisotopic (exact) mass is 230 g/mol. The summed E-state index contributed by atoms with van der Waals surface area (Å²) in [7, 11) is 1.66. The largest absolute Gasteiger partial charge is 0.475 e. The Labute approximate surface area is 94.6 Å². The third-order valence-electron chi connectivity index (χ3n) is 1.97. The Balaban J connectivity index is 2.57. The Morgan fingerprint density at radius 2 is 1.80 bits per heavy atom. The lowest BCUT2D eigenvalue weighted by Gasteiger charge is -2.08. The van der Waals surface area contributed by atoms with Crippen LogP contribution in [0.25, 0.3) is 0 Å². The van der Waals surface area contributed by atoms with Crippen LogP contribution in [0.1, 0.15) is 17.8 Å². The molecule has 0 aliphatic heterocycles. The lowest BCUT2D eigenvalue weighted by molar-refractivity contribution is 0.170. The zero-order chi connectivity index (χ0) is 11.3. The highest BCUT2D eigenvalue weighted by Crippen LogP contribution is 2.20. The van der Waals surface area contributed by atoms with E-state index >= 15 is 0 Å². The molecule has 84 valence electrons. The van der Waals surface area contributed by atoms with Gasteiger partial charge in [-0.25, -0.2) is 9.97 Å². The molecule has 0 saturated carbocycles. The van der Waals surface area contributed by atoms with Gasteiger partial charge in [-0.15, -0.1) is 0 Å². The van der Waals surface area contributed by atoms with Gasteiger partial charge in [-0.1, -0.05) is 11.6 Å². The van der Waals surface area contributed by atoms with Crippen molar-refractivity contribution in [3.63, 3.8) is 0 Å². The fourth-order valence-electron chi connectivity index (χ4n) is 1.02. The molecule has 0 fully saturated rings. The van der Waals surface area contributed by atoms with Gasteiger partial charge in [-0.05, 0) is 13.8 Å². The zero-order valence-corrected chi connectivity index (χ0v) is 9.97. The summed E-state index contributed by atoms with van der Waals surface area (Å²) in [5.74, 6) is 0.399. The van der Waals surface area contributed by atoms with Crippen molar-refractivity contribution in [2.75, 3.05) is 20.3 Å². The second kappa shape index (κ2) is 5.88. The number of halogens is 1. The highest BCUT2D eigenvalue weighted by molar-refractivity contribution is 6.30. The van der Waals surface area contributed by atoms with Crippen molar-refractivity contribution < 1.29 is 9.47 Å². The zero-order valence-electron chi connectivity index (χ0n) is 9.21. The molecule has 0 aliphatic rings. The standard InChI is InChI=1S/C10H15ClN2O2/c1-7-8(2)13-10(9(11)12-7)15-6-4-5-14-3/h4-6H2,1-3H3. The fraction of sp³-hybridized carbons (Fsp3) is 0.600. The van der Waals surface area contributed by atoms with Gasteiger partial charge in [-0.3, -0.25) is 0 Å². The van der Waals surface area contributed by atoms with Gasteiger partial charge in [0, 0.05) is 20.1 Å². The summed E-state index contributed by atoms with van der Waals surface area (Å²) >= 11 is 5.88. The lowest BCUT2D eigenvalue weighted by Crippen LogP contribution is -2.05. The minimum atomic E-state index is 0.315. The highest BCUT2D eigenvalue weighted by atomic mass is 35.5. The maximum Gasteiger partial charge on any atom is 0.252 e. The molecule has 0 N–H and O–H groups in total. The number of methoxy groups -OCH3 is 1. The number of rotatable bonds is 5. The van der Waals surface area contributed by atoms with E-state index in [1.165, 1.54) is 0 Å². The SMILES string of the molecule is COCCCOc1nc(C)c(C)nc1Cl. The summed E-state index contributed by atoms with van der Waals surface area (Å²) < 4.78 is 10.3. The van der Waals surface area contributed by atoms with Gasteiger partial charge in [0.25, 0.3) is 5.88 Å². The molecule has 4 nitrogen and oxygen atoms in total. The molecule has 0 bridgehead atoms. The van der Waals surface area contributed by atoms with Crippen molar-refractivity contribution in [3.8, 4) is 5.88 Å². The van der Waals surface area contributed by atoms with E-state index in [2.05, 4.69) is 9.97 Å². The number of aryl methyl sites for hydroxylation is 2. The van der Waals surface area contributed by atoms with Crippen LogP contribution in [0.2, 0.25) is 5.15 Å². The Bertz CT molecular complexity index is 331. The number of hydrogen-bond acceptors (Lipinski definition) is 4. The van der Waals surface area contributed by atoms with E-state index in [9.17, 15) is 0 Å². The Kier molecular flexibility index (Phi) is 4.78. The molecule has 0 aliphatic carbocycles. The number of ether oxygens (including phenoxy) is 2. The number of aromatic nitrogens is 2. The predicted octanol–water partition coefficient (Wildman–Crippen LogP) is 2.16. The van der Waals surface area contributed by atoms with Crippen LogP contribution >= 0.6 is 11.6 Å². The molecule has 0 amide bonds. The van der Waals surface area contributed by atoms with Crippen molar-refractivity contribution in [2.45, 2.75) is 20.3 Å². The first-order valence-corrected chi connectivity index (χ1v) is 5.15. The Morgan fingerprint density at radius 1 is 1.13 bits per heavy atom. The molecule has 1 aromatic heterocycles. The summed E-state index contributed by atoms with van der Waals surface area (Å²) in [6, 6.07) is 0. The van der Waals surface area contributed by atoms with E-state index in [4.69, 9.17) is 21.1 Å². The van der Waals surface area contributed by atoms with E-state index in [1.54, 1.807) is 7.11 Å². The molecule has 5 heteroatoms. The van der Waals surface area contributed by atoms with Crippen LogP contribution < -0.4 is 4.74 Å². The summed E-state index contributed by atoms with van der Waals surface area (Å²) in [4.78, 5) is 8.33. The van der Waals surface area contributed by atoms with Gasteiger partial charge >= 0.3 is 0 Å². The van der Waals surface area contributed by atoms with E-state index < -0.39 is 0 Å². The number of nitrogens with zero attached hydrogens (tertiary/aromatic N) is 2. The van der Waals surface area contributed by atoms with Gasteiger partial charge in [-0.2, -0.15) is 0 Å². The van der Waals surface area contributed by atoms with Gasteiger partial charge in [0.15, 0.2) is 5.15 Å². The molecule has 1 rings (SSSR count). The second-order valence-corrected chi connectivity index (χ2v) is 3.54. The quantitative estimate of drug-likeness (QED) is 0.728. The normalized spacial score (nSPS) is 10.4. The minimum Gasteiger partial charge on any atom is -0.475 e. The van der Waals surface area contributed by atoms with E-state index in [0.717, 1.165) is 17.8 Å². The Morgan fingerprint density at radius 3 is 2.47 bits per heavy atom. The third kappa shape index (κ3) is 3.64. The van der Waals surface area contributed by atoms with Crippen molar-refractivity contribution in [2.24, 2.45) is 0 Å². The molecular weight excluding hydrogens is 216 g/mol. The van der Waals surface area contributed by atoms with Crippen LogP contribution in [0.3, 0.4) is 0 Å². The average molecular weight is 231 g/mol. The first kappa shape index (κ1) is 12.2. The maximum absolute atomic E-state index is 5.88. The van der Waals surface area contributed by atoms with Crippen LogP contribution in [-0.4, -0.2) is 30.3 Å². The Hall–Kier alpha value is -0.870. The fourth-order valence-corrected chi connectivity index (χ4v) is 1.24. The topological polar surface area (TPSA) is 44.2 Å². The molecule has 0 unspecified atom stereocenters. The van der Waals surface area contributed by atoms with Crippen molar-refractivity contribution >= 4 is 11.6 Å². The van der Waals surface area contributed by atoms with E-state index in [1.807, 2.05) is 13.8 Å². The molecular formula is C10H15ClN2O2. The molecule has 1 aromatic rings. The molecule has 0 saturated heterocycles. The average Bonchev–Trinajstić information content (AvgIpc) is 2.20. The predicted molar refractivity (Wildman–Crippen MR) is 58.5 cm³/mol. The van der Waals surface area contributed by atoms with Crippen LogP contribution in [-0.2, 0) is 4.74 Å². The van der Waals surface area contributed by atoms with Gasteiger partial charge in [0.05, 0.1) is 18.0 Å².